The monoisotopic (exact) mass is 280 g/mol. The smallest absolute Gasteiger partial charge is 0.0456 e. The molecule has 4 atom stereocenters. The number of aromatic nitrogens is 1. The molecule has 2 aliphatic rings. The molecule has 2 bridgehead atoms. The van der Waals surface area contributed by atoms with E-state index in [2.05, 4.69) is 59.8 Å². The molecular formula is C19H24N2. The number of hydrogen-bond acceptors (Lipinski definition) is 1. The fourth-order valence-electron chi connectivity index (χ4n) is 4.32. The topological polar surface area (TPSA) is 27.8 Å². The predicted molar refractivity (Wildman–Crippen MR) is 88.3 cm³/mol. The second-order valence-corrected chi connectivity index (χ2v) is 6.80. The van der Waals surface area contributed by atoms with Gasteiger partial charge in [-0.25, -0.2) is 0 Å². The quantitative estimate of drug-likeness (QED) is 0.799. The summed E-state index contributed by atoms with van der Waals surface area (Å²) in [4.78, 5) is 3.37. The van der Waals surface area contributed by atoms with Gasteiger partial charge in [0.2, 0.25) is 0 Å². The van der Waals surface area contributed by atoms with Gasteiger partial charge in [-0.15, -0.1) is 0 Å². The van der Waals surface area contributed by atoms with Crippen LogP contribution >= 0.6 is 0 Å². The molecular weight excluding hydrogens is 256 g/mol. The maximum absolute atomic E-state index is 3.76. The molecule has 4 rings (SSSR count). The van der Waals surface area contributed by atoms with E-state index in [0.717, 1.165) is 30.7 Å². The van der Waals surface area contributed by atoms with Crippen LogP contribution in [0.4, 0.5) is 0 Å². The zero-order valence-corrected chi connectivity index (χ0v) is 12.7. The van der Waals surface area contributed by atoms with Gasteiger partial charge >= 0.3 is 0 Å². The lowest BCUT2D eigenvalue weighted by Crippen LogP contribution is -2.36. The van der Waals surface area contributed by atoms with Gasteiger partial charge in [0, 0.05) is 23.1 Å². The highest BCUT2D eigenvalue weighted by molar-refractivity contribution is 5.83. The summed E-state index contributed by atoms with van der Waals surface area (Å²) in [5, 5.41) is 5.13. The van der Waals surface area contributed by atoms with E-state index in [4.69, 9.17) is 0 Å². The van der Waals surface area contributed by atoms with Crippen molar-refractivity contribution in [2.24, 2.45) is 17.8 Å². The van der Waals surface area contributed by atoms with Crippen molar-refractivity contribution in [2.75, 3.05) is 6.54 Å². The Labute approximate surface area is 126 Å². The first-order chi connectivity index (χ1) is 10.3. The summed E-state index contributed by atoms with van der Waals surface area (Å²) in [6.45, 7) is 3.44. The molecule has 21 heavy (non-hydrogen) atoms. The van der Waals surface area contributed by atoms with E-state index >= 15 is 0 Å². The summed E-state index contributed by atoms with van der Waals surface area (Å²) in [5.74, 6) is 2.56. The molecule has 2 aromatic rings. The minimum atomic E-state index is 0.634. The Morgan fingerprint density at radius 3 is 2.95 bits per heavy atom. The molecule has 0 radical (unpaired) electrons. The van der Waals surface area contributed by atoms with Crippen LogP contribution in [0, 0.1) is 17.8 Å². The number of hydrogen-bond donors (Lipinski definition) is 2. The SMILES string of the molecule is CC(NCCc1c[nH]c2ccccc12)C1CC2C=CC1C2. The summed E-state index contributed by atoms with van der Waals surface area (Å²) in [6.07, 6.45) is 10.9. The summed E-state index contributed by atoms with van der Waals surface area (Å²) in [5.41, 5.74) is 2.68. The highest BCUT2D eigenvalue weighted by Crippen LogP contribution is 2.44. The minimum Gasteiger partial charge on any atom is -0.361 e. The summed E-state index contributed by atoms with van der Waals surface area (Å²) in [6, 6.07) is 9.21. The fourth-order valence-corrected chi connectivity index (χ4v) is 4.32. The first-order valence-corrected chi connectivity index (χ1v) is 8.28. The molecule has 2 aliphatic carbocycles. The van der Waals surface area contributed by atoms with Crippen molar-refractivity contribution in [1.82, 2.24) is 10.3 Å². The van der Waals surface area contributed by atoms with Crippen LogP contribution in [0.5, 0.6) is 0 Å². The van der Waals surface area contributed by atoms with Crippen molar-refractivity contribution in [1.29, 1.82) is 0 Å². The van der Waals surface area contributed by atoms with Crippen LogP contribution in [0.15, 0.2) is 42.6 Å². The molecule has 2 N–H and O–H groups in total. The number of H-pyrrole nitrogens is 1. The zero-order valence-electron chi connectivity index (χ0n) is 12.7. The normalized spacial score (nSPS) is 28.5. The van der Waals surface area contributed by atoms with Gasteiger partial charge in [0.05, 0.1) is 0 Å². The Morgan fingerprint density at radius 1 is 1.24 bits per heavy atom. The summed E-state index contributed by atoms with van der Waals surface area (Å²) in [7, 11) is 0. The molecule has 0 amide bonds. The molecule has 1 saturated carbocycles. The molecule has 0 spiro atoms. The van der Waals surface area contributed by atoms with Crippen molar-refractivity contribution in [3.05, 3.63) is 48.2 Å². The number of para-hydroxylation sites is 1. The van der Waals surface area contributed by atoms with Crippen molar-refractivity contribution >= 4 is 10.9 Å². The predicted octanol–water partition coefficient (Wildman–Crippen LogP) is 3.90. The van der Waals surface area contributed by atoms with Crippen LogP contribution in [0.25, 0.3) is 10.9 Å². The number of benzene rings is 1. The molecule has 1 aromatic heterocycles. The second kappa shape index (κ2) is 5.34. The van der Waals surface area contributed by atoms with E-state index in [-0.39, 0.29) is 0 Å². The van der Waals surface area contributed by atoms with Gasteiger partial charge in [-0.1, -0.05) is 30.4 Å². The Hall–Kier alpha value is -1.54. The number of fused-ring (bicyclic) bond motifs is 3. The molecule has 2 nitrogen and oxygen atoms in total. The van der Waals surface area contributed by atoms with Gasteiger partial charge in [0.1, 0.15) is 0 Å². The summed E-state index contributed by atoms with van der Waals surface area (Å²) >= 11 is 0. The standard InChI is InChI=1S/C19H24N2/c1-13(18-11-14-6-7-15(18)10-14)20-9-8-16-12-21-19-5-3-2-4-17(16)19/h2-7,12-15,18,20-21H,8-11H2,1H3. The molecule has 0 saturated heterocycles. The number of rotatable bonds is 5. The maximum Gasteiger partial charge on any atom is 0.0456 e. The molecule has 2 heteroatoms. The van der Waals surface area contributed by atoms with Crippen LogP contribution in [0.1, 0.15) is 25.3 Å². The van der Waals surface area contributed by atoms with Gasteiger partial charge in [-0.2, -0.15) is 0 Å². The van der Waals surface area contributed by atoms with E-state index in [1.165, 1.54) is 29.3 Å². The third kappa shape index (κ3) is 2.42. The average molecular weight is 280 g/mol. The van der Waals surface area contributed by atoms with Crippen molar-refractivity contribution < 1.29 is 0 Å². The maximum atomic E-state index is 3.76. The number of nitrogens with one attached hydrogen (secondary N) is 2. The second-order valence-electron chi connectivity index (χ2n) is 6.80. The zero-order chi connectivity index (χ0) is 14.2. The van der Waals surface area contributed by atoms with Gasteiger partial charge in [-0.3, -0.25) is 0 Å². The molecule has 0 aliphatic heterocycles. The minimum absolute atomic E-state index is 0.634. The summed E-state index contributed by atoms with van der Waals surface area (Å²) < 4.78 is 0. The number of allylic oxidation sites excluding steroid dienone is 2. The molecule has 1 aromatic carbocycles. The molecule has 1 fully saturated rings. The fraction of sp³-hybridized carbons (Fsp3) is 0.474. The molecule has 1 heterocycles. The van der Waals surface area contributed by atoms with Crippen LogP contribution in [0.3, 0.4) is 0 Å². The Kier molecular flexibility index (Phi) is 3.34. The number of aromatic amines is 1. The largest absolute Gasteiger partial charge is 0.361 e. The lowest BCUT2D eigenvalue weighted by molar-refractivity contribution is 0.329. The van der Waals surface area contributed by atoms with E-state index < -0.39 is 0 Å². The first kappa shape index (κ1) is 13.1. The lowest BCUT2D eigenvalue weighted by Gasteiger charge is -2.26. The van der Waals surface area contributed by atoms with E-state index in [9.17, 15) is 0 Å². The van der Waals surface area contributed by atoms with Crippen LogP contribution in [-0.4, -0.2) is 17.6 Å². The van der Waals surface area contributed by atoms with Gasteiger partial charge in [0.15, 0.2) is 0 Å². The van der Waals surface area contributed by atoms with E-state index in [1.807, 2.05) is 0 Å². The highest BCUT2D eigenvalue weighted by Gasteiger charge is 2.38. The van der Waals surface area contributed by atoms with E-state index in [1.54, 1.807) is 0 Å². The average Bonchev–Trinajstić information content (AvgIpc) is 3.22. The molecule has 110 valence electrons. The van der Waals surface area contributed by atoms with Gasteiger partial charge in [-0.05, 0) is 62.1 Å². The van der Waals surface area contributed by atoms with Crippen molar-refractivity contribution in [3.63, 3.8) is 0 Å². The molecule has 4 unspecified atom stereocenters. The van der Waals surface area contributed by atoms with Crippen LogP contribution in [0.2, 0.25) is 0 Å². The van der Waals surface area contributed by atoms with Crippen LogP contribution in [-0.2, 0) is 6.42 Å². The van der Waals surface area contributed by atoms with Gasteiger partial charge < -0.3 is 10.3 Å². The lowest BCUT2D eigenvalue weighted by atomic mass is 9.87. The van der Waals surface area contributed by atoms with Crippen molar-refractivity contribution in [3.8, 4) is 0 Å². The first-order valence-electron chi connectivity index (χ1n) is 8.28. The third-order valence-electron chi connectivity index (χ3n) is 5.51. The van der Waals surface area contributed by atoms with Crippen molar-refractivity contribution in [2.45, 2.75) is 32.2 Å². The Balaban J connectivity index is 1.34. The highest BCUT2D eigenvalue weighted by atomic mass is 14.9. The van der Waals surface area contributed by atoms with Gasteiger partial charge in [0.25, 0.3) is 0 Å². The Bertz CT molecular complexity index is 654. The Morgan fingerprint density at radius 2 is 2.14 bits per heavy atom. The van der Waals surface area contributed by atoms with Crippen LogP contribution < -0.4 is 5.32 Å². The van der Waals surface area contributed by atoms with E-state index in [0.29, 0.717) is 6.04 Å². The third-order valence-corrected chi connectivity index (χ3v) is 5.51.